The number of para-hydroxylation sites is 1. The molecular formula is C17H20N2O2. The molecule has 4 heteroatoms. The fourth-order valence-corrected chi connectivity index (χ4v) is 1.92. The third-order valence-electron chi connectivity index (χ3n) is 2.87. The van der Waals surface area contributed by atoms with Gasteiger partial charge in [0, 0.05) is 13.1 Å². The lowest BCUT2D eigenvalue weighted by molar-refractivity contribution is -0.120. The zero-order chi connectivity index (χ0) is 14.9. The Morgan fingerprint density at radius 1 is 1.05 bits per heavy atom. The summed E-state index contributed by atoms with van der Waals surface area (Å²) in [5.41, 5.74) is 1.08. The van der Waals surface area contributed by atoms with E-state index in [1.54, 1.807) is 0 Å². The van der Waals surface area contributed by atoms with Crippen molar-refractivity contribution < 1.29 is 9.53 Å². The van der Waals surface area contributed by atoms with Crippen molar-refractivity contribution in [1.82, 2.24) is 10.6 Å². The molecule has 4 nitrogen and oxygen atoms in total. The Labute approximate surface area is 125 Å². The van der Waals surface area contributed by atoms with Crippen LogP contribution in [-0.4, -0.2) is 19.0 Å². The summed E-state index contributed by atoms with van der Waals surface area (Å²) >= 11 is 0. The highest BCUT2D eigenvalue weighted by molar-refractivity contribution is 5.77. The normalized spacial score (nSPS) is 10.1. The lowest BCUT2D eigenvalue weighted by atomic mass is 10.2. The third kappa shape index (κ3) is 5.28. The number of hydrogen-bond acceptors (Lipinski definition) is 3. The molecule has 0 aliphatic carbocycles. The summed E-state index contributed by atoms with van der Waals surface area (Å²) in [6.45, 7) is 3.50. The Hall–Kier alpha value is -2.33. The lowest BCUT2D eigenvalue weighted by Crippen LogP contribution is -2.33. The highest BCUT2D eigenvalue weighted by atomic mass is 16.5. The first kappa shape index (κ1) is 15.1. The van der Waals surface area contributed by atoms with Gasteiger partial charge >= 0.3 is 0 Å². The van der Waals surface area contributed by atoms with Crippen molar-refractivity contribution in [1.29, 1.82) is 0 Å². The Kier molecular flexibility index (Phi) is 5.79. The number of carbonyl (C=O) groups is 1. The van der Waals surface area contributed by atoms with Gasteiger partial charge in [-0.05, 0) is 36.8 Å². The molecule has 0 aromatic heterocycles. The van der Waals surface area contributed by atoms with Crippen LogP contribution in [0.4, 0.5) is 0 Å². The van der Waals surface area contributed by atoms with Crippen LogP contribution in [0.25, 0.3) is 0 Å². The Balaban J connectivity index is 1.87. The van der Waals surface area contributed by atoms with E-state index < -0.39 is 0 Å². The van der Waals surface area contributed by atoms with Crippen LogP contribution in [0.5, 0.6) is 11.5 Å². The SMILES string of the molecule is CCNC(=O)CNCc1cccc(Oc2ccccc2)c1. The number of benzene rings is 2. The smallest absolute Gasteiger partial charge is 0.233 e. The van der Waals surface area contributed by atoms with Crippen molar-refractivity contribution in [2.24, 2.45) is 0 Å². The molecule has 0 saturated carbocycles. The van der Waals surface area contributed by atoms with Gasteiger partial charge in [0.05, 0.1) is 6.54 Å². The Morgan fingerprint density at radius 2 is 1.81 bits per heavy atom. The summed E-state index contributed by atoms with van der Waals surface area (Å²) < 4.78 is 5.78. The summed E-state index contributed by atoms with van der Waals surface area (Å²) in [6.07, 6.45) is 0. The number of ether oxygens (including phenoxy) is 1. The molecule has 2 N–H and O–H groups in total. The molecule has 2 aromatic rings. The molecule has 0 aliphatic heterocycles. The average molecular weight is 284 g/mol. The Bertz CT molecular complexity index is 570. The molecule has 21 heavy (non-hydrogen) atoms. The second-order valence-electron chi connectivity index (χ2n) is 4.62. The fourth-order valence-electron chi connectivity index (χ4n) is 1.92. The topological polar surface area (TPSA) is 50.4 Å². The van der Waals surface area contributed by atoms with Gasteiger partial charge in [0.25, 0.3) is 0 Å². The zero-order valence-electron chi connectivity index (χ0n) is 12.1. The van der Waals surface area contributed by atoms with Crippen LogP contribution in [0.2, 0.25) is 0 Å². The van der Waals surface area contributed by atoms with E-state index in [1.165, 1.54) is 0 Å². The first-order valence-electron chi connectivity index (χ1n) is 7.07. The van der Waals surface area contributed by atoms with E-state index in [-0.39, 0.29) is 5.91 Å². The quantitative estimate of drug-likeness (QED) is 0.822. The predicted octanol–water partition coefficient (Wildman–Crippen LogP) is 2.70. The number of amides is 1. The minimum Gasteiger partial charge on any atom is -0.457 e. The molecule has 0 atom stereocenters. The van der Waals surface area contributed by atoms with Gasteiger partial charge in [-0.3, -0.25) is 4.79 Å². The van der Waals surface area contributed by atoms with Gasteiger partial charge in [0.15, 0.2) is 0 Å². The van der Waals surface area contributed by atoms with Crippen molar-refractivity contribution in [3.05, 3.63) is 60.2 Å². The van der Waals surface area contributed by atoms with E-state index in [0.29, 0.717) is 19.6 Å². The van der Waals surface area contributed by atoms with Gasteiger partial charge in [0.2, 0.25) is 5.91 Å². The van der Waals surface area contributed by atoms with E-state index in [9.17, 15) is 4.79 Å². The molecule has 0 aliphatic rings. The van der Waals surface area contributed by atoms with Crippen LogP contribution in [0.1, 0.15) is 12.5 Å². The van der Waals surface area contributed by atoms with Crippen molar-refractivity contribution >= 4 is 5.91 Å². The number of hydrogen-bond donors (Lipinski definition) is 2. The molecule has 110 valence electrons. The molecule has 0 spiro atoms. The number of likely N-dealkylation sites (N-methyl/N-ethyl adjacent to an activating group) is 1. The molecule has 0 fully saturated rings. The summed E-state index contributed by atoms with van der Waals surface area (Å²) in [5, 5.41) is 5.86. The van der Waals surface area contributed by atoms with Crippen LogP contribution in [0.3, 0.4) is 0 Å². The van der Waals surface area contributed by atoms with Crippen LogP contribution in [0, 0.1) is 0 Å². The fraction of sp³-hybridized carbons (Fsp3) is 0.235. The minimum absolute atomic E-state index is 0.00851. The van der Waals surface area contributed by atoms with Crippen molar-refractivity contribution in [2.45, 2.75) is 13.5 Å². The van der Waals surface area contributed by atoms with Crippen LogP contribution < -0.4 is 15.4 Å². The molecule has 0 bridgehead atoms. The molecule has 2 aromatic carbocycles. The first-order valence-corrected chi connectivity index (χ1v) is 7.07. The molecular weight excluding hydrogens is 264 g/mol. The molecule has 0 heterocycles. The van der Waals surface area contributed by atoms with Gasteiger partial charge < -0.3 is 15.4 Å². The standard InChI is InChI=1S/C17H20N2O2/c1-2-19-17(20)13-18-12-14-7-6-10-16(11-14)21-15-8-4-3-5-9-15/h3-11,18H,2,12-13H2,1H3,(H,19,20). The van der Waals surface area contributed by atoms with E-state index in [0.717, 1.165) is 17.1 Å². The van der Waals surface area contributed by atoms with Crippen molar-refractivity contribution in [3.63, 3.8) is 0 Å². The van der Waals surface area contributed by atoms with Gasteiger partial charge in [-0.15, -0.1) is 0 Å². The number of rotatable bonds is 7. The van der Waals surface area contributed by atoms with Crippen molar-refractivity contribution in [3.8, 4) is 11.5 Å². The monoisotopic (exact) mass is 284 g/mol. The van der Waals surface area contributed by atoms with E-state index in [2.05, 4.69) is 10.6 Å². The highest BCUT2D eigenvalue weighted by Crippen LogP contribution is 2.21. The maximum atomic E-state index is 11.3. The minimum atomic E-state index is 0.00851. The number of carbonyl (C=O) groups excluding carboxylic acids is 1. The Morgan fingerprint density at radius 3 is 2.57 bits per heavy atom. The van der Waals surface area contributed by atoms with E-state index in [4.69, 9.17) is 4.74 Å². The van der Waals surface area contributed by atoms with E-state index in [1.807, 2.05) is 61.5 Å². The summed E-state index contributed by atoms with van der Waals surface area (Å²) in [7, 11) is 0. The molecule has 0 saturated heterocycles. The maximum absolute atomic E-state index is 11.3. The summed E-state index contributed by atoms with van der Waals surface area (Å²) in [4.78, 5) is 11.3. The third-order valence-corrected chi connectivity index (χ3v) is 2.87. The average Bonchev–Trinajstić information content (AvgIpc) is 2.49. The van der Waals surface area contributed by atoms with Gasteiger partial charge in [-0.2, -0.15) is 0 Å². The van der Waals surface area contributed by atoms with Crippen LogP contribution in [0.15, 0.2) is 54.6 Å². The van der Waals surface area contributed by atoms with Gasteiger partial charge in [-0.25, -0.2) is 0 Å². The predicted molar refractivity (Wildman–Crippen MR) is 83.3 cm³/mol. The van der Waals surface area contributed by atoms with Crippen LogP contribution >= 0.6 is 0 Å². The van der Waals surface area contributed by atoms with Crippen molar-refractivity contribution in [2.75, 3.05) is 13.1 Å². The molecule has 0 radical (unpaired) electrons. The highest BCUT2D eigenvalue weighted by Gasteiger charge is 2.01. The summed E-state index contributed by atoms with van der Waals surface area (Å²) in [5.74, 6) is 1.61. The molecule has 0 unspecified atom stereocenters. The van der Waals surface area contributed by atoms with E-state index >= 15 is 0 Å². The summed E-state index contributed by atoms with van der Waals surface area (Å²) in [6, 6.07) is 17.5. The van der Waals surface area contributed by atoms with Gasteiger partial charge in [-0.1, -0.05) is 30.3 Å². The molecule has 1 amide bonds. The zero-order valence-corrected chi connectivity index (χ0v) is 12.1. The van der Waals surface area contributed by atoms with Gasteiger partial charge in [0.1, 0.15) is 11.5 Å². The first-order chi connectivity index (χ1) is 10.3. The molecule has 2 rings (SSSR count). The number of nitrogens with one attached hydrogen (secondary N) is 2. The van der Waals surface area contributed by atoms with Crippen LogP contribution in [-0.2, 0) is 11.3 Å². The maximum Gasteiger partial charge on any atom is 0.233 e. The largest absolute Gasteiger partial charge is 0.457 e. The second kappa shape index (κ2) is 8.07. The second-order valence-corrected chi connectivity index (χ2v) is 4.62. The lowest BCUT2D eigenvalue weighted by Gasteiger charge is -2.08.